The summed E-state index contributed by atoms with van der Waals surface area (Å²) in [5, 5.41) is 8.65. The van der Waals surface area contributed by atoms with Crippen molar-refractivity contribution in [3.05, 3.63) is 59.8 Å². The van der Waals surface area contributed by atoms with Crippen LogP contribution in [-0.2, 0) is 18.0 Å². The molecule has 4 heterocycles. The molecule has 9 nitrogen and oxygen atoms in total. The van der Waals surface area contributed by atoms with Crippen molar-refractivity contribution in [1.29, 1.82) is 0 Å². The number of nitrogens with zero attached hydrogens (tertiary/aromatic N) is 6. The van der Waals surface area contributed by atoms with Gasteiger partial charge in [-0.15, -0.1) is 0 Å². The highest BCUT2D eigenvalue weighted by Crippen LogP contribution is 2.38. The first kappa shape index (κ1) is 28.5. The van der Waals surface area contributed by atoms with Crippen LogP contribution in [0.4, 0.5) is 0 Å². The molecule has 3 atom stereocenters. The van der Waals surface area contributed by atoms with Crippen LogP contribution in [0.2, 0.25) is 30.7 Å². The molecule has 5 aromatic rings. The van der Waals surface area contributed by atoms with E-state index in [0.29, 0.717) is 46.2 Å². The zero-order valence-electron chi connectivity index (χ0n) is 25.2. The second kappa shape index (κ2) is 11.3. The molecule has 11 heteroatoms. The van der Waals surface area contributed by atoms with Gasteiger partial charge in [-0.05, 0) is 68.5 Å². The third-order valence-electron chi connectivity index (χ3n) is 8.83. The Kier molecular flexibility index (Phi) is 7.49. The molecule has 0 amide bonds. The predicted octanol–water partition coefficient (Wildman–Crippen LogP) is 6.91. The van der Waals surface area contributed by atoms with Gasteiger partial charge in [0, 0.05) is 45.1 Å². The lowest BCUT2D eigenvalue weighted by Gasteiger charge is -2.22. The summed E-state index contributed by atoms with van der Waals surface area (Å²) in [4.78, 5) is 14.2. The molecule has 3 unspecified atom stereocenters. The molecule has 7 rings (SSSR count). The van der Waals surface area contributed by atoms with Gasteiger partial charge in [0.25, 0.3) is 0 Å². The Morgan fingerprint density at radius 2 is 1.93 bits per heavy atom. The highest BCUT2D eigenvalue weighted by molar-refractivity contribution is 6.76. The van der Waals surface area contributed by atoms with E-state index in [1.807, 2.05) is 48.1 Å². The number of aryl methyl sites for hydroxylation is 1. The first-order chi connectivity index (χ1) is 20.7. The minimum Gasteiger partial charge on any atom is -0.456 e. The molecule has 1 aliphatic heterocycles. The summed E-state index contributed by atoms with van der Waals surface area (Å²) in [6.45, 7) is 12.3. The van der Waals surface area contributed by atoms with Gasteiger partial charge in [-0.25, -0.2) is 9.97 Å². The minimum atomic E-state index is -1.15. The van der Waals surface area contributed by atoms with Crippen molar-refractivity contribution in [2.24, 2.45) is 11.8 Å². The standard InChI is InChI=1S/C32H38ClN7O2Si/c1-20-37-26-6-5-25(13-29(26)40(20)19-41-9-10-43(2,3)4)42-30-8-7-27-32(31(30)33)38-28(16-35-27)23-15-36-39(18-23)17-22-12-24-11-21(22)14-34-24/h5-8,13,15-16,18,21-22,24,34H,9-12,14,17,19H2,1-4H3. The highest BCUT2D eigenvalue weighted by atomic mass is 35.5. The summed E-state index contributed by atoms with van der Waals surface area (Å²) < 4.78 is 16.5. The van der Waals surface area contributed by atoms with Crippen LogP contribution in [-0.4, -0.2) is 56.6 Å². The van der Waals surface area contributed by atoms with Crippen LogP contribution >= 0.6 is 11.6 Å². The van der Waals surface area contributed by atoms with Gasteiger partial charge in [-0.2, -0.15) is 5.10 Å². The first-order valence-electron chi connectivity index (χ1n) is 15.1. The molecular weight excluding hydrogens is 578 g/mol. The molecular formula is C32H38ClN7O2Si. The summed E-state index contributed by atoms with van der Waals surface area (Å²) in [5.41, 5.74) is 4.84. The molecule has 2 aliphatic rings. The number of halogens is 1. The number of rotatable bonds is 10. The van der Waals surface area contributed by atoms with Crippen molar-refractivity contribution < 1.29 is 9.47 Å². The summed E-state index contributed by atoms with van der Waals surface area (Å²) in [6.07, 6.45) is 8.24. The van der Waals surface area contributed by atoms with Gasteiger partial charge in [-0.3, -0.25) is 9.67 Å². The van der Waals surface area contributed by atoms with Crippen LogP contribution in [0.25, 0.3) is 33.3 Å². The van der Waals surface area contributed by atoms with Crippen molar-refractivity contribution in [3.63, 3.8) is 0 Å². The lowest BCUT2D eigenvalue weighted by atomic mass is 9.95. The fraction of sp³-hybridized carbons (Fsp3) is 0.438. The van der Waals surface area contributed by atoms with Gasteiger partial charge < -0.3 is 19.4 Å². The molecule has 2 fully saturated rings. The number of piperidine rings is 1. The number of hydrogen-bond donors (Lipinski definition) is 1. The van der Waals surface area contributed by atoms with Gasteiger partial charge in [0.15, 0.2) is 0 Å². The van der Waals surface area contributed by atoms with E-state index in [4.69, 9.17) is 31.0 Å². The molecule has 224 valence electrons. The molecule has 1 saturated heterocycles. The molecule has 1 N–H and O–H groups in total. The van der Waals surface area contributed by atoms with E-state index in [2.05, 4.69) is 45.8 Å². The van der Waals surface area contributed by atoms with Crippen molar-refractivity contribution >= 4 is 41.7 Å². The fourth-order valence-corrected chi connectivity index (χ4v) is 7.36. The second-order valence-corrected chi connectivity index (χ2v) is 19.2. The smallest absolute Gasteiger partial charge is 0.148 e. The van der Waals surface area contributed by atoms with Crippen LogP contribution in [0.1, 0.15) is 18.7 Å². The summed E-state index contributed by atoms with van der Waals surface area (Å²) in [5.74, 6) is 3.53. The van der Waals surface area contributed by atoms with Gasteiger partial charge in [0.2, 0.25) is 0 Å². The summed E-state index contributed by atoms with van der Waals surface area (Å²) >= 11 is 6.89. The maximum atomic E-state index is 6.89. The maximum absolute atomic E-state index is 6.89. The van der Waals surface area contributed by atoms with E-state index >= 15 is 0 Å². The number of imidazole rings is 1. The number of hydrogen-bond acceptors (Lipinski definition) is 7. The monoisotopic (exact) mass is 615 g/mol. The van der Waals surface area contributed by atoms with E-state index in [0.717, 1.165) is 59.8 Å². The van der Waals surface area contributed by atoms with Crippen molar-refractivity contribution in [2.75, 3.05) is 13.2 Å². The number of nitrogens with one attached hydrogen (secondary N) is 1. The first-order valence-corrected chi connectivity index (χ1v) is 19.2. The zero-order valence-corrected chi connectivity index (χ0v) is 26.9. The van der Waals surface area contributed by atoms with Crippen LogP contribution in [0.5, 0.6) is 11.5 Å². The molecule has 0 radical (unpaired) electrons. The second-order valence-electron chi connectivity index (χ2n) is 13.2. The normalized spacial score (nSPS) is 20.1. The Bertz CT molecular complexity index is 1800. The van der Waals surface area contributed by atoms with E-state index in [1.54, 1.807) is 6.20 Å². The summed E-state index contributed by atoms with van der Waals surface area (Å²) in [7, 11) is -1.15. The molecule has 0 spiro atoms. The third kappa shape index (κ3) is 5.93. The molecule has 3 aromatic heterocycles. The maximum Gasteiger partial charge on any atom is 0.148 e. The van der Waals surface area contributed by atoms with Crippen LogP contribution in [0.3, 0.4) is 0 Å². The Balaban J connectivity index is 1.10. The van der Waals surface area contributed by atoms with Crippen LogP contribution in [0, 0.1) is 18.8 Å². The lowest BCUT2D eigenvalue weighted by molar-refractivity contribution is 0.0885. The van der Waals surface area contributed by atoms with Gasteiger partial charge in [0.05, 0.1) is 34.6 Å². The third-order valence-corrected chi connectivity index (χ3v) is 10.9. The fourth-order valence-electron chi connectivity index (χ4n) is 6.36. The lowest BCUT2D eigenvalue weighted by Crippen LogP contribution is -2.31. The molecule has 43 heavy (non-hydrogen) atoms. The van der Waals surface area contributed by atoms with E-state index < -0.39 is 8.07 Å². The van der Waals surface area contributed by atoms with Gasteiger partial charge in [0.1, 0.15) is 34.6 Å². The molecule has 2 bridgehead atoms. The Morgan fingerprint density at radius 1 is 1.07 bits per heavy atom. The number of benzene rings is 2. The van der Waals surface area contributed by atoms with E-state index in [1.165, 1.54) is 12.8 Å². The zero-order chi connectivity index (χ0) is 29.7. The van der Waals surface area contributed by atoms with Gasteiger partial charge in [-0.1, -0.05) is 31.2 Å². The van der Waals surface area contributed by atoms with Crippen LogP contribution < -0.4 is 10.1 Å². The Morgan fingerprint density at radius 3 is 2.72 bits per heavy atom. The SMILES string of the molecule is Cc1nc2ccc(Oc3ccc4ncc(-c5cnn(CC6CC7CC6CN7)c5)nc4c3Cl)cc2n1COCC[Si](C)(C)C. The van der Waals surface area contributed by atoms with Gasteiger partial charge >= 0.3 is 0 Å². The topological polar surface area (TPSA) is 91.9 Å². The largest absolute Gasteiger partial charge is 0.456 e. The average molecular weight is 616 g/mol. The van der Waals surface area contributed by atoms with Crippen molar-refractivity contribution in [3.8, 4) is 22.8 Å². The van der Waals surface area contributed by atoms with E-state index in [-0.39, 0.29) is 0 Å². The van der Waals surface area contributed by atoms with Crippen molar-refractivity contribution in [2.45, 2.75) is 64.8 Å². The predicted molar refractivity (Wildman–Crippen MR) is 172 cm³/mol. The summed E-state index contributed by atoms with van der Waals surface area (Å²) in [6, 6.07) is 11.4. The van der Waals surface area contributed by atoms with Crippen LogP contribution in [0.15, 0.2) is 48.9 Å². The highest BCUT2D eigenvalue weighted by Gasteiger charge is 2.39. The number of ether oxygens (including phenoxy) is 2. The average Bonchev–Trinajstić information content (AvgIpc) is 3.77. The molecule has 1 aliphatic carbocycles. The molecule has 1 saturated carbocycles. The number of fused-ring (bicyclic) bond motifs is 4. The number of aromatic nitrogens is 6. The van der Waals surface area contributed by atoms with E-state index in [9.17, 15) is 0 Å². The minimum absolute atomic E-state index is 0.424. The quantitative estimate of drug-likeness (QED) is 0.135. The Labute approximate surface area is 257 Å². The molecule has 2 aromatic carbocycles. The van der Waals surface area contributed by atoms with Crippen molar-refractivity contribution in [1.82, 2.24) is 34.6 Å². The Hall–Kier alpha value is -3.31.